The van der Waals surface area contributed by atoms with E-state index in [9.17, 15) is 9.59 Å². The molecule has 3 rings (SSSR count). The second-order valence-corrected chi connectivity index (χ2v) is 5.36. The second kappa shape index (κ2) is 4.82. The molecule has 1 atom stereocenters. The van der Waals surface area contributed by atoms with Crippen LogP contribution in [-0.4, -0.2) is 33.5 Å². The molecule has 1 amide bonds. The molecule has 1 fully saturated rings. The van der Waals surface area contributed by atoms with Crippen molar-refractivity contribution in [3.63, 3.8) is 0 Å². The first-order valence-corrected chi connectivity index (χ1v) is 6.79. The lowest BCUT2D eigenvalue weighted by atomic mass is 10.1. The molecule has 1 unspecified atom stereocenters. The summed E-state index contributed by atoms with van der Waals surface area (Å²) in [4.78, 5) is 32.9. The standard InChI is InChI=1S/C13H10BrN3O3/c14-11-9(2-1-8-12(11)16-4-3-15-8)17-6-7(13(19)20)5-10(17)18/h1-4,7H,5-6H2,(H,19,20). The highest BCUT2D eigenvalue weighted by Crippen LogP contribution is 2.35. The topological polar surface area (TPSA) is 83.4 Å². The van der Waals surface area contributed by atoms with Gasteiger partial charge in [-0.2, -0.15) is 0 Å². The number of rotatable bonds is 2. The van der Waals surface area contributed by atoms with Gasteiger partial charge in [-0.05, 0) is 28.1 Å². The number of carbonyl (C=O) groups excluding carboxylic acids is 1. The molecule has 7 heteroatoms. The van der Waals surface area contributed by atoms with E-state index >= 15 is 0 Å². The molecule has 6 nitrogen and oxygen atoms in total. The fraction of sp³-hybridized carbons (Fsp3) is 0.231. The van der Waals surface area contributed by atoms with Crippen molar-refractivity contribution in [1.82, 2.24) is 9.97 Å². The highest BCUT2D eigenvalue weighted by atomic mass is 79.9. The summed E-state index contributed by atoms with van der Waals surface area (Å²) >= 11 is 3.43. The van der Waals surface area contributed by atoms with Crippen LogP contribution in [0.2, 0.25) is 0 Å². The van der Waals surface area contributed by atoms with Crippen molar-refractivity contribution in [2.45, 2.75) is 6.42 Å². The van der Waals surface area contributed by atoms with Crippen LogP contribution >= 0.6 is 15.9 Å². The van der Waals surface area contributed by atoms with Crippen LogP contribution in [0, 0.1) is 5.92 Å². The number of aromatic nitrogens is 2. The average Bonchev–Trinajstić information content (AvgIpc) is 2.82. The van der Waals surface area contributed by atoms with Crippen LogP contribution in [0.25, 0.3) is 11.0 Å². The Labute approximate surface area is 122 Å². The number of halogens is 1. The summed E-state index contributed by atoms with van der Waals surface area (Å²) in [5, 5.41) is 9.02. The zero-order chi connectivity index (χ0) is 14.3. The van der Waals surface area contributed by atoms with Crippen molar-refractivity contribution in [3.8, 4) is 0 Å². The number of hydrogen-bond donors (Lipinski definition) is 1. The molecule has 1 aromatic heterocycles. The molecule has 1 N–H and O–H groups in total. The minimum atomic E-state index is -0.947. The SMILES string of the molecule is O=C(O)C1CC(=O)N(c2ccc3nccnc3c2Br)C1. The Morgan fingerprint density at radius 1 is 1.35 bits per heavy atom. The fourth-order valence-electron chi connectivity index (χ4n) is 2.31. The highest BCUT2D eigenvalue weighted by molar-refractivity contribution is 9.10. The van der Waals surface area contributed by atoms with E-state index in [0.29, 0.717) is 21.2 Å². The molecule has 2 heterocycles. The van der Waals surface area contributed by atoms with E-state index in [1.54, 1.807) is 24.5 Å². The van der Waals surface area contributed by atoms with Gasteiger partial charge in [-0.1, -0.05) is 0 Å². The van der Waals surface area contributed by atoms with E-state index in [2.05, 4.69) is 25.9 Å². The number of carbonyl (C=O) groups is 2. The second-order valence-electron chi connectivity index (χ2n) is 4.57. The molecule has 20 heavy (non-hydrogen) atoms. The number of carboxylic acid groups (broad SMARTS) is 1. The van der Waals surface area contributed by atoms with E-state index in [1.165, 1.54) is 4.90 Å². The van der Waals surface area contributed by atoms with Crippen LogP contribution in [-0.2, 0) is 9.59 Å². The summed E-state index contributed by atoms with van der Waals surface area (Å²) in [7, 11) is 0. The van der Waals surface area contributed by atoms with E-state index < -0.39 is 11.9 Å². The Morgan fingerprint density at radius 3 is 2.80 bits per heavy atom. The predicted molar refractivity (Wildman–Crippen MR) is 75.3 cm³/mol. The largest absolute Gasteiger partial charge is 0.481 e. The summed E-state index contributed by atoms with van der Waals surface area (Å²) in [5.41, 5.74) is 1.99. The summed E-state index contributed by atoms with van der Waals surface area (Å²) in [6.45, 7) is 0.179. The van der Waals surface area contributed by atoms with Gasteiger partial charge in [0.2, 0.25) is 5.91 Å². The highest BCUT2D eigenvalue weighted by Gasteiger charge is 2.36. The van der Waals surface area contributed by atoms with Gasteiger partial charge < -0.3 is 10.0 Å². The van der Waals surface area contributed by atoms with Gasteiger partial charge in [-0.25, -0.2) is 0 Å². The van der Waals surface area contributed by atoms with Crippen LogP contribution in [0.4, 0.5) is 5.69 Å². The van der Waals surface area contributed by atoms with Crippen LogP contribution in [0.1, 0.15) is 6.42 Å². The van der Waals surface area contributed by atoms with Gasteiger partial charge in [0, 0.05) is 25.4 Å². The average molecular weight is 336 g/mol. The molecule has 102 valence electrons. The summed E-state index contributed by atoms with van der Waals surface area (Å²) < 4.78 is 0.655. The Bertz CT molecular complexity index is 719. The monoisotopic (exact) mass is 335 g/mol. The molecule has 1 aromatic carbocycles. The lowest BCUT2D eigenvalue weighted by molar-refractivity contribution is -0.141. The first-order chi connectivity index (χ1) is 9.58. The maximum Gasteiger partial charge on any atom is 0.308 e. The smallest absolute Gasteiger partial charge is 0.308 e. The van der Waals surface area contributed by atoms with Crippen molar-refractivity contribution in [1.29, 1.82) is 0 Å². The van der Waals surface area contributed by atoms with Gasteiger partial charge >= 0.3 is 5.97 Å². The van der Waals surface area contributed by atoms with E-state index in [1.807, 2.05) is 0 Å². The number of benzene rings is 1. The summed E-state index contributed by atoms with van der Waals surface area (Å²) in [6.07, 6.45) is 3.19. The number of nitrogens with zero attached hydrogens (tertiary/aromatic N) is 3. The Hall–Kier alpha value is -2.02. The third-order valence-corrected chi connectivity index (χ3v) is 4.11. The maximum atomic E-state index is 12.0. The molecule has 1 aliphatic heterocycles. The minimum Gasteiger partial charge on any atom is -0.481 e. The summed E-state index contributed by atoms with van der Waals surface area (Å²) in [6, 6.07) is 3.52. The number of fused-ring (bicyclic) bond motifs is 1. The molecule has 0 bridgehead atoms. The lowest BCUT2D eigenvalue weighted by Gasteiger charge is -2.18. The first-order valence-electron chi connectivity index (χ1n) is 6.00. The Balaban J connectivity index is 2.05. The number of carboxylic acids is 1. The molecular formula is C13H10BrN3O3. The molecule has 0 aliphatic carbocycles. The third-order valence-electron chi connectivity index (χ3n) is 3.32. The van der Waals surface area contributed by atoms with Gasteiger partial charge in [0.05, 0.1) is 21.6 Å². The number of anilines is 1. The maximum absolute atomic E-state index is 12.0. The molecule has 1 aliphatic rings. The molecule has 0 spiro atoms. The number of aliphatic carboxylic acids is 1. The van der Waals surface area contributed by atoms with Crippen molar-refractivity contribution >= 4 is 44.5 Å². The van der Waals surface area contributed by atoms with Crippen molar-refractivity contribution < 1.29 is 14.7 Å². The molecular weight excluding hydrogens is 326 g/mol. The minimum absolute atomic E-state index is 0.0281. The van der Waals surface area contributed by atoms with Crippen molar-refractivity contribution in [2.75, 3.05) is 11.4 Å². The van der Waals surface area contributed by atoms with E-state index in [-0.39, 0.29) is 18.9 Å². The van der Waals surface area contributed by atoms with Gasteiger partial charge in [0.15, 0.2) is 0 Å². The van der Waals surface area contributed by atoms with Crippen molar-refractivity contribution in [2.24, 2.45) is 5.92 Å². The van der Waals surface area contributed by atoms with E-state index in [0.717, 1.165) is 0 Å². The molecule has 1 saturated heterocycles. The fourth-order valence-corrected chi connectivity index (χ4v) is 2.96. The third kappa shape index (κ3) is 2.03. The van der Waals surface area contributed by atoms with Gasteiger partial charge in [-0.3, -0.25) is 19.6 Å². The number of amides is 1. The zero-order valence-corrected chi connectivity index (χ0v) is 11.9. The quantitative estimate of drug-likeness (QED) is 0.905. The van der Waals surface area contributed by atoms with Gasteiger partial charge in [0.1, 0.15) is 5.52 Å². The van der Waals surface area contributed by atoms with Crippen LogP contribution in [0.5, 0.6) is 0 Å². The Kier molecular flexibility index (Phi) is 3.13. The van der Waals surface area contributed by atoms with E-state index in [4.69, 9.17) is 5.11 Å². The molecule has 2 aromatic rings. The lowest BCUT2D eigenvalue weighted by Crippen LogP contribution is -2.26. The summed E-state index contributed by atoms with van der Waals surface area (Å²) in [5.74, 6) is -1.80. The first kappa shape index (κ1) is 13.0. The van der Waals surface area contributed by atoms with Crippen LogP contribution in [0.3, 0.4) is 0 Å². The van der Waals surface area contributed by atoms with Gasteiger partial charge in [0.25, 0.3) is 0 Å². The zero-order valence-electron chi connectivity index (χ0n) is 10.3. The Morgan fingerprint density at radius 2 is 2.10 bits per heavy atom. The normalized spacial score (nSPS) is 18.8. The molecule has 0 saturated carbocycles. The predicted octanol–water partition coefficient (Wildman–Crippen LogP) is 1.83. The van der Waals surface area contributed by atoms with Crippen LogP contribution < -0.4 is 4.90 Å². The van der Waals surface area contributed by atoms with Crippen LogP contribution in [0.15, 0.2) is 29.0 Å². The van der Waals surface area contributed by atoms with Crippen molar-refractivity contribution in [3.05, 3.63) is 29.0 Å². The molecule has 0 radical (unpaired) electrons. The number of hydrogen-bond acceptors (Lipinski definition) is 4. The van der Waals surface area contributed by atoms with Gasteiger partial charge in [-0.15, -0.1) is 0 Å².